The lowest BCUT2D eigenvalue weighted by molar-refractivity contribution is 0.384. The van der Waals surface area contributed by atoms with Gasteiger partial charge in [0.15, 0.2) is 0 Å². The van der Waals surface area contributed by atoms with Crippen LogP contribution in [0.4, 0.5) is 0 Å². The Morgan fingerprint density at radius 1 is 1.12 bits per heavy atom. The minimum atomic E-state index is -0.161. The van der Waals surface area contributed by atoms with E-state index < -0.39 is 0 Å². The zero-order valence-electron chi connectivity index (χ0n) is 8.52. The van der Waals surface area contributed by atoms with Crippen LogP contribution in [0.3, 0.4) is 0 Å². The van der Waals surface area contributed by atoms with Crippen LogP contribution in [0.25, 0.3) is 0 Å². The van der Waals surface area contributed by atoms with Gasteiger partial charge in [0.25, 0.3) is 9.67 Å². The van der Waals surface area contributed by atoms with Crippen LogP contribution >= 0.6 is 24.4 Å². The van der Waals surface area contributed by atoms with Crippen molar-refractivity contribution in [2.75, 3.05) is 0 Å². The fourth-order valence-corrected chi connectivity index (χ4v) is 1.68. The molecule has 0 aliphatic heterocycles. The van der Waals surface area contributed by atoms with Crippen LogP contribution in [0.1, 0.15) is 37.5 Å². The van der Waals surface area contributed by atoms with Gasteiger partial charge in [0.2, 0.25) is 11.8 Å². The van der Waals surface area contributed by atoms with Crippen molar-refractivity contribution in [1.82, 2.24) is 20.4 Å². The first-order valence-electron chi connectivity index (χ1n) is 4.81. The van der Waals surface area contributed by atoms with E-state index in [1.807, 2.05) is 0 Å². The molecule has 0 amide bonds. The largest absolute Gasteiger partial charge is 0.413 e. The van der Waals surface area contributed by atoms with Crippen LogP contribution in [0.2, 0.25) is 0 Å². The van der Waals surface area contributed by atoms with Crippen molar-refractivity contribution in [2.45, 2.75) is 25.7 Å². The molecular weight excluding hydrogens is 248 g/mol. The molecule has 2 N–H and O–H groups in total. The minimum absolute atomic E-state index is 0.161. The topological polar surface area (TPSA) is 83.6 Å². The maximum absolute atomic E-state index is 5.26. The molecule has 0 aromatic carbocycles. The number of aromatic amines is 2. The molecule has 0 aliphatic rings. The molecule has 2 aromatic rings. The Balaban J connectivity index is 2.37. The fourth-order valence-electron chi connectivity index (χ4n) is 1.42. The maximum Gasteiger partial charge on any atom is 0.284 e. The first kappa shape index (κ1) is 11.2. The summed E-state index contributed by atoms with van der Waals surface area (Å²) in [5.41, 5.74) is 0. The van der Waals surface area contributed by atoms with Crippen molar-refractivity contribution in [3.8, 4) is 0 Å². The predicted molar refractivity (Wildman–Crippen MR) is 60.1 cm³/mol. The molecule has 0 atom stereocenters. The van der Waals surface area contributed by atoms with E-state index in [0.717, 1.165) is 12.8 Å². The van der Waals surface area contributed by atoms with Crippen molar-refractivity contribution in [3.63, 3.8) is 0 Å². The van der Waals surface area contributed by atoms with Gasteiger partial charge in [-0.1, -0.05) is 13.3 Å². The second kappa shape index (κ2) is 4.71. The molecule has 0 radical (unpaired) electrons. The van der Waals surface area contributed by atoms with Crippen molar-refractivity contribution >= 4 is 24.4 Å². The van der Waals surface area contributed by atoms with E-state index in [1.165, 1.54) is 0 Å². The first-order valence-corrected chi connectivity index (χ1v) is 5.63. The molecule has 0 fully saturated rings. The maximum atomic E-state index is 5.26. The van der Waals surface area contributed by atoms with Crippen LogP contribution in [0, 0.1) is 9.67 Å². The number of hydrogen-bond donors (Lipinski definition) is 2. The molecule has 8 heteroatoms. The zero-order valence-corrected chi connectivity index (χ0v) is 10.2. The van der Waals surface area contributed by atoms with E-state index in [4.69, 9.17) is 33.3 Å². The number of nitrogens with one attached hydrogen (secondary N) is 2. The van der Waals surface area contributed by atoms with E-state index in [2.05, 4.69) is 27.3 Å². The van der Waals surface area contributed by atoms with Crippen molar-refractivity contribution in [3.05, 3.63) is 21.5 Å². The summed E-state index contributed by atoms with van der Waals surface area (Å²) in [6.07, 6.45) is 1.74. The van der Waals surface area contributed by atoms with Gasteiger partial charge in [-0.2, -0.15) is 0 Å². The molecule has 6 nitrogen and oxygen atoms in total. The SMILES string of the molecule is CCCC(c1n[nH]c(=S)o1)c1n[nH]c(=S)o1. The fraction of sp³-hybridized carbons (Fsp3) is 0.500. The molecule has 16 heavy (non-hydrogen) atoms. The third-order valence-corrected chi connectivity index (χ3v) is 2.43. The summed E-state index contributed by atoms with van der Waals surface area (Å²) in [6, 6.07) is 0. The smallest absolute Gasteiger partial charge is 0.284 e. The van der Waals surface area contributed by atoms with Gasteiger partial charge in [0.05, 0.1) is 0 Å². The number of aromatic nitrogens is 4. The Kier molecular flexibility index (Phi) is 3.30. The molecule has 0 spiro atoms. The Morgan fingerprint density at radius 2 is 1.62 bits per heavy atom. The van der Waals surface area contributed by atoms with Crippen LogP contribution in [0.5, 0.6) is 0 Å². The molecule has 2 heterocycles. The molecule has 0 aliphatic carbocycles. The highest BCUT2D eigenvalue weighted by Gasteiger charge is 2.23. The number of nitrogens with zero attached hydrogens (tertiary/aromatic N) is 2. The third kappa shape index (κ3) is 2.27. The minimum Gasteiger partial charge on any atom is -0.413 e. The van der Waals surface area contributed by atoms with Crippen LogP contribution in [-0.4, -0.2) is 20.4 Å². The Hall–Kier alpha value is -1.28. The lowest BCUT2D eigenvalue weighted by atomic mass is 10.0. The Morgan fingerprint density at radius 3 is 1.94 bits per heavy atom. The van der Waals surface area contributed by atoms with Gasteiger partial charge in [-0.25, -0.2) is 10.2 Å². The van der Waals surface area contributed by atoms with Crippen LogP contribution < -0.4 is 0 Å². The second-order valence-electron chi connectivity index (χ2n) is 3.24. The van der Waals surface area contributed by atoms with Gasteiger partial charge < -0.3 is 8.83 Å². The van der Waals surface area contributed by atoms with Gasteiger partial charge in [-0.15, -0.1) is 10.2 Å². The summed E-state index contributed by atoms with van der Waals surface area (Å²) >= 11 is 9.65. The highest BCUT2D eigenvalue weighted by atomic mass is 32.1. The average molecular weight is 258 g/mol. The molecule has 0 bridgehead atoms. The van der Waals surface area contributed by atoms with Crippen molar-refractivity contribution in [2.24, 2.45) is 0 Å². The van der Waals surface area contributed by atoms with Gasteiger partial charge in [0.1, 0.15) is 5.92 Å². The lowest BCUT2D eigenvalue weighted by Gasteiger charge is -2.05. The predicted octanol–water partition coefficient (Wildman–Crippen LogP) is 2.71. The summed E-state index contributed by atoms with van der Waals surface area (Å²) < 4.78 is 10.5. The molecule has 0 saturated heterocycles. The number of rotatable bonds is 4. The molecule has 2 aromatic heterocycles. The summed E-state index contributed by atoms with van der Waals surface area (Å²) in [5.74, 6) is 0.778. The quantitative estimate of drug-likeness (QED) is 0.820. The third-order valence-electron chi connectivity index (χ3n) is 2.08. The van der Waals surface area contributed by atoms with Gasteiger partial charge in [-0.05, 0) is 30.9 Å². The summed E-state index contributed by atoms with van der Waals surface area (Å²) in [6.45, 7) is 2.05. The van der Waals surface area contributed by atoms with Crippen molar-refractivity contribution < 1.29 is 8.83 Å². The summed E-state index contributed by atoms with van der Waals surface area (Å²) in [4.78, 5) is 0.482. The van der Waals surface area contributed by atoms with E-state index >= 15 is 0 Å². The monoisotopic (exact) mass is 258 g/mol. The van der Waals surface area contributed by atoms with Gasteiger partial charge in [0, 0.05) is 0 Å². The van der Waals surface area contributed by atoms with Crippen LogP contribution in [0.15, 0.2) is 8.83 Å². The molecular formula is C8H10N4O2S2. The molecule has 0 unspecified atom stereocenters. The molecule has 2 rings (SSSR count). The average Bonchev–Trinajstić information content (AvgIpc) is 2.84. The molecule has 86 valence electrons. The molecule has 0 saturated carbocycles. The van der Waals surface area contributed by atoms with Crippen molar-refractivity contribution in [1.29, 1.82) is 0 Å². The Labute approximate surface area is 101 Å². The van der Waals surface area contributed by atoms with Gasteiger partial charge in [-0.3, -0.25) is 0 Å². The first-order chi connectivity index (χ1) is 7.70. The number of hydrogen-bond acceptors (Lipinski definition) is 6. The van der Waals surface area contributed by atoms with Crippen LogP contribution in [-0.2, 0) is 0 Å². The van der Waals surface area contributed by atoms with Gasteiger partial charge >= 0.3 is 0 Å². The lowest BCUT2D eigenvalue weighted by Crippen LogP contribution is -2.02. The summed E-state index contributed by atoms with van der Waals surface area (Å²) in [7, 11) is 0. The zero-order chi connectivity index (χ0) is 11.5. The van der Waals surface area contributed by atoms with E-state index in [-0.39, 0.29) is 15.6 Å². The number of H-pyrrole nitrogens is 2. The van der Waals surface area contributed by atoms with E-state index in [0.29, 0.717) is 11.8 Å². The Bertz CT molecular complexity index is 518. The summed E-state index contributed by atoms with van der Waals surface area (Å²) in [5, 5.41) is 13.1. The van der Waals surface area contributed by atoms with E-state index in [1.54, 1.807) is 0 Å². The highest BCUT2D eigenvalue weighted by molar-refractivity contribution is 7.71. The standard InChI is InChI=1S/C8H10N4O2S2/c1-2-3-4(5-9-11-7(15)13-5)6-10-12-8(16)14-6/h4H,2-3H2,1H3,(H,11,15)(H,12,16). The van der Waals surface area contributed by atoms with E-state index in [9.17, 15) is 0 Å². The second-order valence-corrected chi connectivity index (χ2v) is 3.99. The normalized spacial score (nSPS) is 11.1. The highest BCUT2D eigenvalue weighted by Crippen LogP contribution is 2.26.